The summed E-state index contributed by atoms with van der Waals surface area (Å²) in [5.74, 6) is -0.409. The highest BCUT2D eigenvalue weighted by molar-refractivity contribution is 7.92. The normalized spacial score (nSPS) is 11.8. The minimum Gasteiger partial charge on any atom is -0.497 e. The minimum atomic E-state index is -4.23. The van der Waals surface area contributed by atoms with Crippen molar-refractivity contribution in [3.63, 3.8) is 0 Å². The predicted molar refractivity (Wildman–Crippen MR) is 169 cm³/mol. The Morgan fingerprint density at radius 3 is 2.12 bits per heavy atom. The number of carbonyl (C=O) groups is 2. The molecule has 0 fully saturated rings. The van der Waals surface area contributed by atoms with Crippen LogP contribution >= 0.6 is 11.6 Å². The van der Waals surface area contributed by atoms with Gasteiger partial charge in [0.15, 0.2) is 0 Å². The molecule has 0 unspecified atom stereocenters. The number of carbonyl (C=O) groups excluding carboxylic acids is 2. The monoisotopic (exact) mass is 619 g/mol. The summed E-state index contributed by atoms with van der Waals surface area (Å²) in [5, 5.41) is 3.11. The molecule has 0 aromatic heterocycles. The van der Waals surface area contributed by atoms with Crippen LogP contribution in [0.5, 0.6) is 5.75 Å². The van der Waals surface area contributed by atoms with Gasteiger partial charge in [-0.15, -0.1) is 0 Å². The average molecular weight is 620 g/mol. The van der Waals surface area contributed by atoms with E-state index >= 15 is 0 Å². The average Bonchev–Trinajstić information content (AvgIpc) is 3.02. The summed E-state index contributed by atoms with van der Waals surface area (Å²) in [5.41, 5.74) is 2.90. The molecule has 1 atom stereocenters. The van der Waals surface area contributed by atoms with Crippen LogP contribution in [0, 0.1) is 6.92 Å². The van der Waals surface area contributed by atoms with Gasteiger partial charge in [-0.25, -0.2) is 8.42 Å². The molecule has 0 aliphatic rings. The lowest BCUT2D eigenvalue weighted by atomic mass is 10.0. The van der Waals surface area contributed by atoms with Crippen LogP contribution in [0.2, 0.25) is 5.02 Å². The molecule has 0 saturated carbocycles. The van der Waals surface area contributed by atoms with Crippen LogP contribution in [0.25, 0.3) is 0 Å². The first-order valence-corrected chi connectivity index (χ1v) is 15.5. The Balaban J connectivity index is 1.79. The quantitative estimate of drug-likeness (QED) is 0.234. The fourth-order valence-corrected chi connectivity index (χ4v) is 6.24. The molecule has 10 heteroatoms. The van der Waals surface area contributed by atoms with E-state index in [-0.39, 0.29) is 29.5 Å². The summed E-state index contributed by atoms with van der Waals surface area (Å²) in [7, 11) is -1.22. The van der Waals surface area contributed by atoms with Gasteiger partial charge >= 0.3 is 0 Å². The molecule has 4 aromatic rings. The molecule has 0 radical (unpaired) electrons. The number of sulfonamides is 1. The molecule has 0 aliphatic carbocycles. The van der Waals surface area contributed by atoms with Crippen LogP contribution in [0.1, 0.15) is 16.7 Å². The Kier molecular flexibility index (Phi) is 10.4. The van der Waals surface area contributed by atoms with Gasteiger partial charge in [-0.3, -0.25) is 13.9 Å². The van der Waals surface area contributed by atoms with E-state index in [0.717, 1.165) is 21.0 Å². The number of amides is 2. The van der Waals surface area contributed by atoms with Crippen LogP contribution < -0.4 is 14.4 Å². The Hall–Kier alpha value is -4.34. The zero-order valence-electron chi connectivity index (χ0n) is 24.2. The number of nitrogens with zero attached hydrogens (tertiary/aromatic N) is 2. The molecule has 4 aromatic carbocycles. The Morgan fingerprint density at radius 1 is 0.884 bits per heavy atom. The van der Waals surface area contributed by atoms with Crippen LogP contribution in [-0.4, -0.2) is 51.9 Å². The second kappa shape index (κ2) is 14.2. The Labute approximate surface area is 257 Å². The summed E-state index contributed by atoms with van der Waals surface area (Å²) < 4.78 is 34.3. The van der Waals surface area contributed by atoms with E-state index in [9.17, 15) is 18.0 Å². The zero-order valence-corrected chi connectivity index (χ0v) is 25.8. The molecule has 0 bridgehead atoms. The van der Waals surface area contributed by atoms with Gasteiger partial charge in [0.2, 0.25) is 11.8 Å². The molecule has 2 amide bonds. The van der Waals surface area contributed by atoms with E-state index in [4.69, 9.17) is 16.3 Å². The van der Waals surface area contributed by atoms with E-state index in [1.54, 1.807) is 36.4 Å². The first-order valence-electron chi connectivity index (χ1n) is 13.7. The number of likely N-dealkylation sites (N-methyl/N-ethyl adjacent to an activating group) is 1. The maximum absolute atomic E-state index is 14.3. The molecule has 0 spiro atoms. The molecular weight excluding hydrogens is 586 g/mol. The van der Waals surface area contributed by atoms with Crippen molar-refractivity contribution in [1.82, 2.24) is 10.2 Å². The van der Waals surface area contributed by atoms with Gasteiger partial charge in [0, 0.05) is 25.0 Å². The number of methoxy groups -OCH3 is 1. The lowest BCUT2D eigenvalue weighted by Crippen LogP contribution is -2.53. The van der Waals surface area contributed by atoms with Crippen LogP contribution in [-0.2, 0) is 32.6 Å². The van der Waals surface area contributed by atoms with Crippen molar-refractivity contribution in [2.75, 3.05) is 25.0 Å². The second-order valence-electron chi connectivity index (χ2n) is 9.93. The van der Waals surface area contributed by atoms with Crippen molar-refractivity contribution in [3.05, 3.63) is 125 Å². The highest BCUT2D eigenvalue weighted by atomic mass is 35.5. The molecule has 4 rings (SSSR count). The molecule has 0 aliphatic heterocycles. The van der Waals surface area contributed by atoms with Gasteiger partial charge in [-0.2, -0.15) is 0 Å². The number of ether oxygens (including phenoxy) is 1. The maximum Gasteiger partial charge on any atom is 0.264 e. The van der Waals surface area contributed by atoms with E-state index in [0.29, 0.717) is 10.8 Å². The fourth-order valence-electron chi connectivity index (χ4n) is 4.70. The van der Waals surface area contributed by atoms with Gasteiger partial charge in [-0.1, -0.05) is 66.2 Å². The van der Waals surface area contributed by atoms with Gasteiger partial charge in [0.25, 0.3) is 10.0 Å². The molecule has 0 saturated heterocycles. The largest absolute Gasteiger partial charge is 0.497 e. The summed E-state index contributed by atoms with van der Waals surface area (Å²) in [6, 6.07) is 28.2. The van der Waals surface area contributed by atoms with Gasteiger partial charge < -0.3 is 15.0 Å². The van der Waals surface area contributed by atoms with Crippen molar-refractivity contribution in [2.24, 2.45) is 0 Å². The molecule has 0 heterocycles. The molecule has 1 N–H and O–H groups in total. The van der Waals surface area contributed by atoms with E-state index < -0.39 is 28.5 Å². The van der Waals surface area contributed by atoms with Gasteiger partial charge in [0.05, 0.1) is 17.7 Å². The first-order chi connectivity index (χ1) is 20.6. The van der Waals surface area contributed by atoms with Crippen LogP contribution in [0.15, 0.2) is 108 Å². The smallest absolute Gasteiger partial charge is 0.264 e. The predicted octanol–water partition coefficient (Wildman–Crippen LogP) is 5.24. The molecule has 224 valence electrons. The van der Waals surface area contributed by atoms with E-state index in [1.807, 2.05) is 61.5 Å². The Morgan fingerprint density at radius 2 is 1.51 bits per heavy atom. The number of anilines is 1. The summed E-state index contributed by atoms with van der Waals surface area (Å²) >= 11 is 6.11. The zero-order chi connectivity index (χ0) is 31.0. The number of aryl methyl sites for hydroxylation is 1. The lowest BCUT2D eigenvalue weighted by molar-refractivity contribution is -0.139. The van der Waals surface area contributed by atoms with Gasteiger partial charge in [-0.05, 0) is 72.1 Å². The van der Waals surface area contributed by atoms with Crippen molar-refractivity contribution in [1.29, 1.82) is 0 Å². The van der Waals surface area contributed by atoms with Crippen molar-refractivity contribution >= 4 is 39.1 Å². The van der Waals surface area contributed by atoms with Crippen molar-refractivity contribution < 1.29 is 22.7 Å². The highest BCUT2D eigenvalue weighted by Gasteiger charge is 2.34. The van der Waals surface area contributed by atoms with E-state index in [1.165, 1.54) is 31.2 Å². The number of nitrogens with one attached hydrogen (secondary N) is 1. The summed E-state index contributed by atoms with van der Waals surface area (Å²) in [6.45, 7) is 1.48. The fraction of sp³-hybridized carbons (Fsp3) is 0.212. The summed E-state index contributed by atoms with van der Waals surface area (Å²) in [6.07, 6.45) is 0.240. The standard InChI is InChI=1S/C33H34ClN3O5S/c1-24-9-7-8-12-26(24)22-36(31(33(39)35-2)21-25-10-5-4-6-11-25)32(38)23-37(28-15-13-27(34)14-16-28)43(40,41)30-19-17-29(42-3)18-20-30/h4-20,31H,21-23H2,1-3H3,(H,35,39)/t31-/m0/s1. The maximum atomic E-state index is 14.3. The highest BCUT2D eigenvalue weighted by Crippen LogP contribution is 2.27. The third kappa shape index (κ3) is 7.74. The Bertz CT molecular complexity index is 1650. The topological polar surface area (TPSA) is 96.0 Å². The van der Waals surface area contributed by atoms with Gasteiger partial charge in [0.1, 0.15) is 18.3 Å². The number of benzene rings is 4. The SMILES string of the molecule is CNC(=O)[C@H](Cc1ccccc1)N(Cc1ccccc1C)C(=O)CN(c1ccc(Cl)cc1)S(=O)(=O)c1ccc(OC)cc1. The molecule has 8 nitrogen and oxygen atoms in total. The minimum absolute atomic E-state index is 0.0198. The lowest BCUT2D eigenvalue weighted by Gasteiger charge is -2.34. The third-order valence-corrected chi connectivity index (χ3v) is 9.20. The second-order valence-corrected chi connectivity index (χ2v) is 12.2. The molecular formula is C33H34ClN3O5S. The number of hydrogen-bond donors (Lipinski definition) is 1. The van der Waals surface area contributed by atoms with Crippen LogP contribution in [0.3, 0.4) is 0 Å². The van der Waals surface area contributed by atoms with Crippen LogP contribution in [0.4, 0.5) is 5.69 Å². The number of halogens is 1. The third-order valence-electron chi connectivity index (χ3n) is 7.16. The first kappa shape index (κ1) is 31.6. The molecule has 43 heavy (non-hydrogen) atoms. The summed E-state index contributed by atoms with van der Waals surface area (Å²) in [4.78, 5) is 29.1. The van der Waals surface area contributed by atoms with E-state index in [2.05, 4.69) is 5.32 Å². The number of hydrogen-bond acceptors (Lipinski definition) is 5. The van der Waals surface area contributed by atoms with Crippen molar-refractivity contribution in [3.8, 4) is 5.75 Å². The van der Waals surface area contributed by atoms with Crippen molar-refractivity contribution in [2.45, 2.75) is 30.8 Å². The number of rotatable bonds is 12.